The van der Waals surface area contributed by atoms with Gasteiger partial charge in [0.1, 0.15) is 6.61 Å². The van der Waals surface area contributed by atoms with E-state index in [0.29, 0.717) is 31.6 Å². The smallest absolute Gasteiger partial charge is 0.410 e. The summed E-state index contributed by atoms with van der Waals surface area (Å²) in [6.07, 6.45) is 0.669. The molecule has 1 saturated heterocycles. The summed E-state index contributed by atoms with van der Waals surface area (Å²) in [6.45, 7) is 1.10. The molecule has 0 atom stereocenters. The van der Waals surface area contributed by atoms with Crippen LogP contribution in [0.15, 0.2) is 59.5 Å². The lowest BCUT2D eigenvalue weighted by atomic mass is 9.96. The van der Waals surface area contributed by atoms with Gasteiger partial charge in [0.25, 0.3) is 0 Å². The van der Waals surface area contributed by atoms with E-state index in [1.54, 1.807) is 4.90 Å². The SMILES string of the molecule is NS(=O)(=O)c1ccc(NNC(=O)C2CCN(C(=O)OCc3ccccc3)CC2)cc1. The largest absolute Gasteiger partial charge is 0.445 e. The highest BCUT2D eigenvalue weighted by molar-refractivity contribution is 7.89. The zero-order valence-corrected chi connectivity index (χ0v) is 17.1. The van der Waals surface area contributed by atoms with Gasteiger partial charge < -0.3 is 9.64 Å². The van der Waals surface area contributed by atoms with Crippen LogP contribution in [0.3, 0.4) is 0 Å². The number of carbonyl (C=O) groups is 2. The fourth-order valence-electron chi connectivity index (χ4n) is 3.10. The molecule has 3 rings (SSSR count). The molecular weight excluding hydrogens is 408 g/mol. The third-order valence-corrected chi connectivity index (χ3v) is 5.77. The van der Waals surface area contributed by atoms with E-state index < -0.39 is 10.0 Å². The molecule has 30 heavy (non-hydrogen) atoms. The van der Waals surface area contributed by atoms with Crippen LogP contribution in [-0.2, 0) is 26.2 Å². The second kappa shape index (κ2) is 9.59. The van der Waals surface area contributed by atoms with Crippen LogP contribution in [0.5, 0.6) is 0 Å². The van der Waals surface area contributed by atoms with Crippen LogP contribution in [0.2, 0.25) is 0 Å². The van der Waals surface area contributed by atoms with Crippen LogP contribution in [0.1, 0.15) is 18.4 Å². The van der Waals surface area contributed by atoms with Crippen molar-refractivity contribution in [1.82, 2.24) is 10.3 Å². The van der Waals surface area contributed by atoms with Crippen molar-refractivity contribution in [2.75, 3.05) is 18.5 Å². The molecule has 1 heterocycles. The molecule has 4 N–H and O–H groups in total. The van der Waals surface area contributed by atoms with Crippen LogP contribution >= 0.6 is 0 Å². The summed E-state index contributed by atoms with van der Waals surface area (Å²) < 4.78 is 27.8. The number of nitrogens with zero attached hydrogens (tertiary/aromatic N) is 1. The van der Waals surface area contributed by atoms with Gasteiger partial charge in [0.15, 0.2) is 0 Å². The summed E-state index contributed by atoms with van der Waals surface area (Å²) in [5.74, 6) is -0.429. The van der Waals surface area contributed by atoms with Crippen LogP contribution in [0, 0.1) is 5.92 Å². The van der Waals surface area contributed by atoms with Crippen LogP contribution in [0.25, 0.3) is 0 Å². The fourth-order valence-corrected chi connectivity index (χ4v) is 3.61. The number of ether oxygens (including phenoxy) is 1. The molecule has 2 aromatic carbocycles. The number of rotatable bonds is 6. The van der Waals surface area contributed by atoms with E-state index in [1.807, 2.05) is 30.3 Å². The number of likely N-dealkylation sites (tertiary alicyclic amines) is 1. The molecule has 0 aromatic heterocycles. The number of piperidine rings is 1. The van der Waals surface area contributed by atoms with E-state index in [9.17, 15) is 18.0 Å². The van der Waals surface area contributed by atoms with Gasteiger partial charge >= 0.3 is 6.09 Å². The lowest BCUT2D eigenvalue weighted by Crippen LogP contribution is -2.44. The predicted octanol–water partition coefficient (Wildman–Crippen LogP) is 1.83. The Kier molecular flexibility index (Phi) is 6.91. The van der Waals surface area contributed by atoms with E-state index >= 15 is 0 Å². The molecule has 160 valence electrons. The molecule has 0 spiro atoms. The standard InChI is InChI=1S/C20H24N4O5S/c21-30(27,28)18-8-6-17(7-9-18)22-23-19(25)16-10-12-24(13-11-16)20(26)29-14-15-4-2-1-3-5-15/h1-9,16,22H,10-14H2,(H,23,25)(H2,21,27,28). The summed E-state index contributed by atoms with van der Waals surface area (Å²) in [4.78, 5) is 26.2. The Hall–Kier alpha value is -3.11. The third-order valence-electron chi connectivity index (χ3n) is 4.84. The van der Waals surface area contributed by atoms with Gasteiger partial charge in [0, 0.05) is 19.0 Å². The predicted molar refractivity (Wildman–Crippen MR) is 111 cm³/mol. The average molecular weight is 433 g/mol. The Bertz CT molecular complexity index is 972. The number of nitrogens with two attached hydrogens (primary N) is 1. The zero-order valence-electron chi connectivity index (χ0n) is 16.3. The minimum absolute atomic E-state index is 0.00843. The molecule has 10 heteroatoms. The maximum atomic E-state index is 12.4. The molecule has 1 aliphatic heterocycles. The lowest BCUT2D eigenvalue weighted by molar-refractivity contribution is -0.125. The summed E-state index contributed by atoms with van der Waals surface area (Å²) in [5, 5.41) is 5.05. The second-order valence-electron chi connectivity index (χ2n) is 6.99. The number of carbonyl (C=O) groups excluding carboxylic acids is 2. The van der Waals surface area contributed by atoms with Crippen molar-refractivity contribution >= 4 is 27.7 Å². The van der Waals surface area contributed by atoms with Crippen molar-refractivity contribution in [3.05, 3.63) is 60.2 Å². The first kappa shape index (κ1) is 21.6. The number of primary sulfonamides is 1. The van der Waals surface area contributed by atoms with Crippen LogP contribution < -0.4 is 16.0 Å². The topological polar surface area (TPSA) is 131 Å². The third kappa shape index (κ3) is 5.94. The molecule has 2 aromatic rings. The highest BCUT2D eigenvalue weighted by Gasteiger charge is 2.28. The van der Waals surface area contributed by atoms with E-state index in [4.69, 9.17) is 9.88 Å². The molecule has 0 saturated carbocycles. The van der Waals surface area contributed by atoms with Gasteiger partial charge in [-0.25, -0.2) is 18.4 Å². The molecular formula is C20H24N4O5S. The first-order valence-electron chi connectivity index (χ1n) is 9.47. The normalized spacial score (nSPS) is 14.8. The number of benzene rings is 2. The quantitative estimate of drug-likeness (QED) is 0.597. The van der Waals surface area contributed by atoms with Crippen molar-refractivity contribution in [2.45, 2.75) is 24.3 Å². The summed E-state index contributed by atoms with van der Waals surface area (Å²) in [7, 11) is -3.76. The lowest BCUT2D eigenvalue weighted by Gasteiger charge is -2.30. The molecule has 0 radical (unpaired) electrons. The molecule has 1 aliphatic rings. The van der Waals surface area contributed by atoms with Gasteiger partial charge in [0.2, 0.25) is 15.9 Å². The summed E-state index contributed by atoms with van der Waals surface area (Å²) >= 11 is 0. The van der Waals surface area contributed by atoms with Gasteiger partial charge in [-0.2, -0.15) is 0 Å². The van der Waals surface area contributed by atoms with Crippen molar-refractivity contribution in [3.63, 3.8) is 0 Å². The molecule has 2 amide bonds. The monoisotopic (exact) mass is 432 g/mol. The van der Waals surface area contributed by atoms with E-state index in [0.717, 1.165) is 5.56 Å². The number of hydrogen-bond donors (Lipinski definition) is 3. The Morgan fingerprint density at radius 2 is 1.67 bits per heavy atom. The summed E-state index contributed by atoms with van der Waals surface area (Å²) in [5.41, 5.74) is 6.81. The van der Waals surface area contributed by atoms with Crippen molar-refractivity contribution in [3.8, 4) is 0 Å². The van der Waals surface area contributed by atoms with Gasteiger partial charge in [-0.15, -0.1) is 0 Å². The van der Waals surface area contributed by atoms with Gasteiger partial charge in [-0.3, -0.25) is 15.6 Å². The van der Waals surface area contributed by atoms with Crippen molar-refractivity contribution in [2.24, 2.45) is 11.1 Å². The maximum absolute atomic E-state index is 12.4. The number of amides is 2. The highest BCUT2D eigenvalue weighted by Crippen LogP contribution is 2.19. The zero-order chi connectivity index (χ0) is 21.6. The van der Waals surface area contributed by atoms with Crippen LogP contribution in [-0.4, -0.2) is 38.4 Å². The molecule has 9 nitrogen and oxygen atoms in total. The molecule has 1 fully saturated rings. The number of nitrogens with one attached hydrogen (secondary N) is 2. The Labute approximate surface area is 175 Å². The van der Waals surface area contributed by atoms with Gasteiger partial charge in [0.05, 0.1) is 10.6 Å². The van der Waals surface area contributed by atoms with Crippen LogP contribution in [0.4, 0.5) is 10.5 Å². The minimum atomic E-state index is -3.76. The van der Waals surface area contributed by atoms with Gasteiger partial charge in [-0.1, -0.05) is 30.3 Å². The summed E-state index contributed by atoms with van der Waals surface area (Å²) in [6, 6.07) is 15.2. The van der Waals surface area contributed by atoms with Crippen molar-refractivity contribution in [1.29, 1.82) is 0 Å². The fraction of sp³-hybridized carbons (Fsp3) is 0.300. The maximum Gasteiger partial charge on any atom is 0.410 e. The second-order valence-corrected chi connectivity index (χ2v) is 8.55. The Balaban J connectivity index is 1.41. The highest BCUT2D eigenvalue weighted by atomic mass is 32.2. The number of hydrazine groups is 1. The Morgan fingerprint density at radius 1 is 1.03 bits per heavy atom. The Morgan fingerprint density at radius 3 is 2.27 bits per heavy atom. The number of anilines is 1. The average Bonchev–Trinajstić information content (AvgIpc) is 2.76. The van der Waals surface area contributed by atoms with Gasteiger partial charge in [-0.05, 0) is 42.7 Å². The first-order valence-corrected chi connectivity index (χ1v) is 11.0. The number of hydrogen-bond acceptors (Lipinski definition) is 6. The van der Waals surface area contributed by atoms with Crippen molar-refractivity contribution < 1.29 is 22.7 Å². The number of sulfonamides is 1. The van der Waals surface area contributed by atoms with E-state index in [1.165, 1.54) is 24.3 Å². The van der Waals surface area contributed by atoms with E-state index in [-0.39, 0.29) is 29.4 Å². The molecule has 0 aliphatic carbocycles. The minimum Gasteiger partial charge on any atom is -0.445 e. The molecule has 0 unspecified atom stereocenters. The molecule has 0 bridgehead atoms. The first-order chi connectivity index (χ1) is 14.3. The van der Waals surface area contributed by atoms with E-state index in [2.05, 4.69) is 10.9 Å².